The first-order valence-electron chi connectivity index (χ1n) is 13.9. The lowest BCUT2D eigenvalue weighted by Gasteiger charge is -2.09. The average Bonchev–Trinajstić information content (AvgIpc) is 2.94. The van der Waals surface area contributed by atoms with Gasteiger partial charge in [-0.25, -0.2) is 9.97 Å². The average molecular weight is 575 g/mol. The van der Waals surface area contributed by atoms with Crippen LogP contribution in [0.15, 0.2) is 97.1 Å². The van der Waals surface area contributed by atoms with Crippen LogP contribution in [0.25, 0.3) is 33.1 Å². The van der Waals surface area contributed by atoms with Gasteiger partial charge in [0.1, 0.15) is 5.15 Å². The van der Waals surface area contributed by atoms with Crippen LogP contribution in [0.3, 0.4) is 0 Å². The Bertz CT molecular complexity index is 1850. The van der Waals surface area contributed by atoms with Crippen molar-refractivity contribution >= 4 is 46.0 Å². The molecule has 212 valence electrons. The van der Waals surface area contributed by atoms with Crippen molar-refractivity contribution in [3.8, 4) is 11.3 Å². The quantitative estimate of drug-likeness (QED) is 0.162. The lowest BCUT2D eigenvalue weighted by atomic mass is 9.80. The Labute approximate surface area is 253 Å². The second kappa shape index (κ2) is 13.8. The normalized spacial score (nSPS) is 10.5. The zero-order chi connectivity index (χ0) is 30.4. The summed E-state index contributed by atoms with van der Waals surface area (Å²) in [6.45, 7) is 12.3. The van der Waals surface area contributed by atoms with Gasteiger partial charge in [0.2, 0.25) is 0 Å². The van der Waals surface area contributed by atoms with E-state index >= 15 is 0 Å². The third kappa shape index (κ3) is 8.04. The van der Waals surface area contributed by atoms with E-state index in [1.807, 2.05) is 26.0 Å². The van der Waals surface area contributed by atoms with E-state index in [0.717, 1.165) is 33.2 Å². The van der Waals surface area contributed by atoms with E-state index in [2.05, 4.69) is 99.4 Å². The van der Waals surface area contributed by atoms with E-state index in [-0.39, 0.29) is 0 Å². The molecule has 2 aromatic heterocycles. The maximum absolute atomic E-state index is 8.70. The maximum Gasteiger partial charge on any atom is 0.488 e. The molecule has 0 fully saturated rings. The van der Waals surface area contributed by atoms with Gasteiger partial charge in [0.25, 0.3) is 0 Å². The van der Waals surface area contributed by atoms with Crippen molar-refractivity contribution in [2.75, 3.05) is 0 Å². The Morgan fingerprint density at radius 1 is 0.548 bits per heavy atom. The zero-order valence-corrected chi connectivity index (χ0v) is 25.7. The van der Waals surface area contributed by atoms with Crippen molar-refractivity contribution in [1.29, 1.82) is 0 Å². The number of halogens is 1. The molecule has 0 spiro atoms. The molecule has 0 aliphatic heterocycles. The number of rotatable bonds is 2. The Balaban J connectivity index is 0.000000154. The van der Waals surface area contributed by atoms with E-state index in [1.165, 1.54) is 33.2 Å². The number of pyridine rings is 2. The molecule has 0 radical (unpaired) electrons. The van der Waals surface area contributed by atoms with E-state index in [0.29, 0.717) is 10.6 Å². The number of hydrogen-bond acceptors (Lipinski definition) is 4. The third-order valence-corrected chi connectivity index (χ3v) is 7.28. The minimum atomic E-state index is -1.35. The third-order valence-electron chi connectivity index (χ3n) is 6.90. The van der Waals surface area contributed by atoms with E-state index in [4.69, 9.17) is 26.6 Å². The molecular weight excluding hydrogens is 539 g/mol. The van der Waals surface area contributed by atoms with Gasteiger partial charge in [-0.15, -0.1) is 0 Å². The second-order valence-corrected chi connectivity index (χ2v) is 11.2. The highest BCUT2D eigenvalue weighted by Gasteiger charge is 2.09. The van der Waals surface area contributed by atoms with Crippen LogP contribution in [-0.2, 0) is 0 Å². The Kier molecular flexibility index (Phi) is 10.1. The van der Waals surface area contributed by atoms with Gasteiger partial charge in [-0.05, 0) is 99.6 Å². The SMILES string of the molecule is Cc1ccc2cc(C)c(Cl)nc2c1.Cc1cccc(-c2nc3cc(C)ccc3cc2C)c1.Cc1cccc(B(O)O)c1. The fourth-order valence-corrected chi connectivity index (χ4v) is 4.80. The van der Waals surface area contributed by atoms with Crippen LogP contribution in [0.5, 0.6) is 0 Å². The fraction of sp³-hybridized carbons (Fsp3) is 0.167. The molecule has 0 amide bonds. The first kappa shape index (κ1) is 30.9. The predicted molar refractivity (Wildman–Crippen MR) is 179 cm³/mol. The van der Waals surface area contributed by atoms with Crippen molar-refractivity contribution in [3.63, 3.8) is 0 Å². The second-order valence-electron chi connectivity index (χ2n) is 10.8. The monoisotopic (exact) mass is 574 g/mol. The molecule has 0 saturated heterocycles. The van der Waals surface area contributed by atoms with Gasteiger partial charge in [-0.3, -0.25) is 0 Å². The van der Waals surface area contributed by atoms with Gasteiger partial charge in [-0.2, -0.15) is 0 Å². The standard InChI is InChI=1S/C18H17N.C11H10ClN.C7H9BO2/c1-12-5-4-6-16(9-12)18-14(3)11-15-8-7-13(2)10-17(15)19-18;1-7-3-4-9-6-8(2)11(12)13-10(9)5-7;1-6-3-2-4-7(5-6)8(9)10/h4-11H,1-3H3;3-6H,1-2H3;2-5,9-10H,1H3. The van der Waals surface area contributed by atoms with Crippen molar-refractivity contribution in [1.82, 2.24) is 9.97 Å². The summed E-state index contributed by atoms with van der Waals surface area (Å²) >= 11 is 5.93. The summed E-state index contributed by atoms with van der Waals surface area (Å²) in [7, 11) is -1.35. The summed E-state index contributed by atoms with van der Waals surface area (Å²) in [6, 6.07) is 32.5. The lowest BCUT2D eigenvalue weighted by molar-refractivity contribution is 0.425. The van der Waals surface area contributed by atoms with Crippen LogP contribution < -0.4 is 5.46 Å². The molecule has 0 aliphatic carbocycles. The van der Waals surface area contributed by atoms with Crippen LogP contribution in [-0.4, -0.2) is 27.1 Å². The van der Waals surface area contributed by atoms with Crippen molar-refractivity contribution in [2.45, 2.75) is 41.5 Å². The highest BCUT2D eigenvalue weighted by atomic mass is 35.5. The molecule has 0 aliphatic rings. The molecular formula is C36H36BClN2O2. The molecule has 6 aromatic rings. The smallest absolute Gasteiger partial charge is 0.423 e. The number of aromatic nitrogens is 2. The van der Waals surface area contributed by atoms with Gasteiger partial charge >= 0.3 is 7.12 Å². The van der Waals surface area contributed by atoms with Crippen LogP contribution in [0.1, 0.15) is 33.4 Å². The number of benzene rings is 4. The van der Waals surface area contributed by atoms with Crippen molar-refractivity contribution in [2.24, 2.45) is 0 Å². The summed E-state index contributed by atoms with van der Waals surface area (Å²) in [6.07, 6.45) is 0. The lowest BCUT2D eigenvalue weighted by Crippen LogP contribution is -2.29. The molecule has 2 N–H and O–H groups in total. The Morgan fingerprint density at radius 2 is 1.07 bits per heavy atom. The van der Waals surface area contributed by atoms with E-state index in [9.17, 15) is 0 Å². The van der Waals surface area contributed by atoms with E-state index < -0.39 is 7.12 Å². The number of nitrogens with zero attached hydrogens (tertiary/aromatic N) is 2. The maximum atomic E-state index is 8.70. The summed E-state index contributed by atoms with van der Waals surface area (Å²) in [4.78, 5) is 9.15. The summed E-state index contributed by atoms with van der Waals surface area (Å²) < 4.78 is 0. The highest BCUT2D eigenvalue weighted by molar-refractivity contribution is 6.58. The molecule has 6 heteroatoms. The molecule has 0 saturated carbocycles. The summed E-state index contributed by atoms with van der Waals surface area (Å²) in [5, 5.41) is 20.4. The predicted octanol–water partition coefficient (Wildman–Crippen LogP) is 8.01. The number of aryl methyl sites for hydroxylation is 6. The minimum absolute atomic E-state index is 0.542. The molecule has 0 unspecified atom stereocenters. The molecule has 42 heavy (non-hydrogen) atoms. The molecule has 0 bridgehead atoms. The molecule has 2 heterocycles. The minimum Gasteiger partial charge on any atom is -0.423 e. The Hall–Kier alpha value is -4.03. The largest absolute Gasteiger partial charge is 0.488 e. The van der Waals surface area contributed by atoms with Crippen LogP contribution >= 0.6 is 11.6 Å². The molecule has 6 rings (SSSR count). The van der Waals surface area contributed by atoms with Crippen LogP contribution in [0.2, 0.25) is 5.15 Å². The van der Waals surface area contributed by atoms with Gasteiger partial charge < -0.3 is 10.0 Å². The van der Waals surface area contributed by atoms with E-state index in [1.54, 1.807) is 18.2 Å². The summed E-state index contributed by atoms with van der Waals surface area (Å²) in [5.41, 5.74) is 11.9. The summed E-state index contributed by atoms with van der Waals surface area (Å²) in [5.74, 6) is 0. The van der Waals surface area contributed by atoms with Gasteiger partial charge in [0.05, 0.1) is 16.7 Å². The first-order valence-corrected chi connectivity index (χ1v) is 14.3. The highest BCUT2D eigenvalue weighted by Crippen LogP contribution is 2.26. The van der Waals surface area contributed by atoms with Crippen molar-refractivity contribution in [3.05, 3.63) is 136 Å². The molecule has 4 aromatic carbocycles. The van der Waals surface area contributed by atoms with Crippen molar-refractivity contribution < 1.29 is 10.0 Å². The number of hydrogen-bond donors (Lipinski definition) is 2. The Morgan fingerprint density at radius 3 is 1.62 bits per heavy atom. The van der Waals surface area contributed by atoms with Gasteiger partial charge in [0.15, 0.2) is 0 Å². The van der Waals surface area contributed by atoms with Gasteiger partial charge in [-0.1, -0.05) is 89.5 Å². The number of fused-ring (bicyclic) bond motifs is 2. The van der Waals surface area contributed by atoms with Crippen LogP contribution in [0.4, 0.5) is 0 Å². The first-order chi connectivity index (χ1) is 20.0. The molecule has 4 nitrogen and oxygen atoms in total. The fourth-order valence-electron chi connectivity index (χ4n) is 4.66. The van der Waals surface area contributed by atoms with Gasteiger partial charge in [0, 0.05) is 16.3 Å². The zero-order valence-electron chi connectivity index (χ0n) is 25.0. The topological polar surface area (TPSA) is 66.2 Å². The molecule has 0 atom stereocenters. The van der Waals surface area contributed by atoms with Crippen LogP contribution in [0, 0.1) is 41.5 Å².